The van der Waals surface area contributed by atoms with Crippen molar-refractivity contribution in [1.82, 2.24) is 9.97 Å². The van der Waals surface area contributed by atoms with Gasteiger partial charge >= 0.3 is 5.97 Å². The maximum Gasteiger partial charge on any atom is 0.319 e. The van der Waals surface area contributed by atoms with Crippen molar-refractivity contribution in [2.24, 2.45) is 0 Å². The second-order valence-corrected chi connectivity index (χ2v) is 6.61. The number of rotatable bonds is 6. The molecule has 128 valence electrons. The molecule has 0 aliphatic rings. The van der Waals surface area contributed by atoms with Crippen molar-refractivity contribution < 1.29 is 9.53 Å². The first-order chi connectivity index (χ1) is 12.2. The Morgan fingerprint density at radius 1 is 1.12 bits per heavy atom. The van der Waals surface area contributed by atoms with E-state index in [0.29, 0.717) is 11.6 Å². The summed E-state index contributed by atoms with van der Waals surface area (Å²) >= 11 is 1.32. The Bertz CT molecular complexity index is 871. The molecule has 2 aromatic carbocycles. The Balaban J connectivity index is 1.91. The molecule has 0 amide bonds. The molecule has 0 aliphatic heterocycles. The number of ether oxygens (including phenoxy) is 1. The monoisotopic (exact) mass is 353 g/mol. The van der Waals surface area contributed by atoms with Crippen LogP contribution in [-0.4, -0.2) is 35.3 Å². The van der Waals surface area contributed by atoms with Gasteiger partial charge < -0.3 is 10.1 Å². The van der Waals surface area contributed by atoms with Crippen molar-refractivity contribution in [3.05, 3.63) is 60.2 Å². The molecule has 5 nitrogen and oxygen atoms in total. The van der Waals surface area contributed by atoms with Crippen LogP contribution in [0, 0.1) is 0 Å². The molecule has 1 heterocycles. The fourth-order valence-corrected chi connectivity index (χ4v) is 3.58. The van der Waals surface area contributed by atoms with E-state index in [2.05, 4.69) is 15.3 Å². The van der Waals surface area contributed by atoms with E-state index in [9.17, 15) is 4.79 Å². The van der Waals surface area contributed by atoms with Gasteiger partial charge in [0, 0.05) is 12.4 Å². The molecule has 0 saturated carbocycles. The zero-order chi connectivity index (χ0) is 17.6. The van der Waals surface area contributed by atoms with Gasteiger partial charge in [-0.2, -0.15) is 0 Å². The third kappa shape index (κ3) is 4.09. The summed E-state index contributed by atoms with van der Waals surface area (Å²) in [6.45, 7) is 0. The minimum atomic E-state index is -0.404. The predicted molar refractivity (Wildman–Crippen MR) is 101 cm³/mol. The average Bonchev–Trinajstić information content (AvgIpc) is 2.67. The van der Waals surface area contributed by atoms with Gasteiger partial charge in [-0.15, -0.1) is 0 Å². The van der Waals surface area contributed by atoms with Gasteiger partial charge in [0.1, 0.15) is 11.1 Å². The molecule has 1 unspecified atom stereocenters. The van der Waals surface area contributed by atoms with E-state index in [1.54, 1.807) is 0 Å². The fraction of sp³-hybridized carbons (Fsp3) is 0.211. The van der Waals surface area contributed by atoms with Crippen LogP contribution in [0.25, 0.3) is 10.9 Å². The molecule has 0 fully saturated rings. The standard InChI is InChI=1S/C19H19N3O2S/c1-20-17-14-10-6-7-11-15(14)21-19(22-17)25-16(18(23)24-2)12-13-8-4-3-5-9-13/h3-11,16H,12H2,1-2H3,(H,20,21,22). The number of para-hydroxylation sites is 1. The normalized spacial score (nSPS) is 11.9. The van der Waals surface area contributed by atoms with Crippen LogP contribution in [0.5, 0.6) is 0 Å². The second kappa shape index (κ2) is 7.98. The second-order valence-electron chi connectivity index (χ2n) is 5.44. The number of nitrogens with zero attached hydrogens (tertiary/aromatic N) is 2. The van der Waals surface area contributed by atoms with Crippen LogP contribution < -0.4 is 5.32 Å². The molecule has 3 aromatic rings. The number of carbonyl (C=O) groups excluding carboxylic acids is 1. The first kappa shape index (κ1) is 17.2. The molecule has 6 heteroatoms. The summed E-state index contributed by atoms with van der Waals surface area (Å²) < 4.78 is 4.97. The summed E-state index contributed by atoms with van der Waals surface area (Å²) in [5.41, 5.74) is 1.91. The number of benzene rings is 2. The molecule has 1 N–H and O–H groups in total. The van der Waals surface area contributed by atoms with Crippen molar-refractivity contribution in [2.75, 3.05) is 19.5 Å². The molecular formula is C19H19N3O2S. The minimum Gasteiger partial charge on any atom is -0.468 e. The molecule has 0 radical (unpaired) electrons. The van der Waals surface area contributed by atoms with Gasteiger partial charge in [0.05, 0.1) is 12.6 Å². The SMILES string of the molecule is CNc1nc(SC(Cc2ccccc2)C(=O)OC)nc2ccccc12. The third-order valence-electron chi connectivity index (χ3n) is 3.80. The van der Waals surface area contributed by atoms with Crippen LogP contribution in [0.15, 0.2) is 59.8 Å². The zero-order valence-electron chi connectivity index (χ0n) is 14.1. The fourth-order valence-electron chi connectivity index (χ4n) is 2.56. The lowest BCUT2D eigenvalue weighted by Gasteiger charge is -2.14. The van der Waals surface area contributed by atoms with Crippen LogP contribution in [0.2, 0.25) is 0 Å². The Morgan fingerprint density at radius 2 is 1.84 bits per heavy atom. The van der Waals surface area contributed by atoms with Crippen LogP contribution >= 0.6 is 11.8 Å². The Kier molecular flexibility index (Phi) is 5.50. The molecule has 1 aromatic heterocycles. The van der Waals surface area contributed by atoms with Gasteiger partial charge in [0.2, 0.25) is 0 Å². The van der Waals surface area contributed by atoms with E-state index in [0.717, 1.165) is 22.3 Å². The first-order valence-electron chi connectivity index (χ1n) is 7.94. The van der Waals surface area contributed by atoms with Gasteiger partial charge in [0.15, 0.2) is 5.16 Å². The van der Waals surface area contributed by atoms with Gasteiger partial charge in [0.25, 0.3) is 0 Å². The van der Waals surface area contributed by atoms with Gasteiger partial charge in [-0.25, -0.2) is 9.97 Å². The quantitative estimate of drug-likeness (QED) is 0.415. The Morgan fingerprint density at radius 3 is 2.56 bits per heavy atom. The van der Waals surface area contributed by atoms with Crippen LogP contribution in [0.1, 0.15) is 5.56 Å². The van der Waals surface area contributed by atoms with Crippen molar-refractivity contribution in [3.63, 3.8) is 0 Å². The van der Waals surface area contributed by atoms with E-state index in [1.807, 2.05) is 61.6 Å². The highest BCUT2D eigenvalue weighted by molar-refractivity contribution is 8.00. The Labute approximate surface area is 150 Å². The van der Waals surface area contributed by atoms with E-state index in [1.165, 1.54) is 18.9 Å². The maximum atomic E-state index is 12.2. The third-order valence-corrected chi connectivity index (χ3v) is 4.83. The van der Waals surface area contributed by atoms with E-state index < -0.39 is 5.25 Å². The summed E-state index contributed by atoms with van der Waals surface area (Å²) in [4.78, 5) is 21.4. The van der Waals surface area contributed by atoms with Crippen LogP contribution in [0.3, 0.4) is 0 Å². The largest absolute Gasteiger partial charge is 0.468 e. The Hall–Kier alpha value is -2.60. The number of anilines is 1. The molecule has 0 spiro atoms. The summed E-state index contributed by atoms with van der Waals surface area (Å²) in [7, 11) is 3.23. The number of nitrogens with one attached hydrogen (secondary N) is 1. The molecule has 0 aliphatic carbocycles. The number of esters is 1. The van der Waals surface area contributed by atoms with Crippen molar-refractivity contribution in [2.45, 2.75) is 16.8 Å². The van der Waals surface area contributed by atoms with E-state index >= 15 is 0 Å². The summed E-state index contributed by atoms with van der Waals surface area (Å²) in [5.74, 6) is 0.466. The predicted octanol–water partition coefficient (Wildman–Crippen LogP) is 3.55. The highest BCUT2D eigenvalue weighted by atomic mass is 32.2. The highest BCUT2D eigenvalue weighted by Gasteiger charge is 2.23. The number of hydrogen-bond acceptors (Lipinski definition) is 6. The summed E-state index contributed by atoms with van der Waals surface area (Å²) in [6, 6.07) is 17.7. The average molecular weight is 353 g/mol. The lowest BCUT2D eigenvalue weighted by atomic mass is 10.1. The highest BCUT2D eigenvalue weighted by Crippen LogP contribution is 2.28. The molecule has 3 rings (SSSR count). The van der Waals surface area contributed by atoms with Gasteiger partial charge in [-0.1, -0.05) is 54.2 Å². The number of aromatic nitrogens is 2. The smallest absolute Gasteiger partial charge is 0.319 e. The number of hydrogen-bond donors (Lipinski definition) is 1. The zero-order valence-corrected chi connectivity index (χ0v) is 14.9. The van der Waals surface area contributed by atoms with Crippen molar-refractivity contribution >= 4 is 34.5 Å². The van der Waals surface area contributed by atoms with Crippen molar-refractivity contribution in [3.8, 4) is 0 Å². The first-order valence-corrected chi connectivity index (χ1v) is 8.82. The number of fused-ring (bicyclic) bond motifs is 1. The van der Waals surface area contributed by atoms with Gasteiger partial charge in [-0.05, 0) is 24.1 Å². The molecular weight excluding hydrogens is 334 g/mol. The minimum absolute atomic E-state index is 0.281. The summed E-state index contributed by atoms with van der Waals surface area (Å²) in [6.07, 6.45) is 0.559. The maximum absolute atomic E-state index is 12.2. The topological polar surface area (TPSA) is 64.1 Å². The van der Waals surface area contributed by atoms with Gasteiger partial charge in [-0.3, -0.25) is 4.79 Å². The number of carbonyl (C=O) groups is 1. The molecule has 0 bridgehead atoms. The molecule has 1 atom stereocenters. The van der Waals surface area contributed by atoms with E-state index in [-0.39, 0.29) is 5.97 Å². The lowest BCUT2D eigenvalue weighted by Crippen LogP contribution is -2.22. The lowest BCUT2D eigenvalue weighted by molar-refractivity contribution is -0.139. The van der Waals surface area contributed by atoms with E-state index in [4.69, 9.17) is 4.74 Å². The number of thioether (sulfide) groups is 1. The number of methoxy groups -OCH3 is 1. The molecule has 0 saturated heterocycles. The molecule has 25 heavy (non-hydrogen) atoms. The van der Waals surface area contributed by atoms with Crippen LogP contribution in [0.4, 0.5) is 5.82 Å². The summed E-state index contributed by atoms with van der Waals surface area (Å²) in [5, 5.41) is 4.19. The van der Waals surface area contributed by atoms with Crippen molar-refractivity contribution in [1.29, 1.82) is 0 Å². The van der Waals surface area contributed by atoms with Crippen LogP contribution in [-0.2, 0) is 16.0 Å².